The highest BCUT2D eigenvalue weighted by molar-refractivity contribution is 6.51. The fourth-order valence-corrected chi connectivity index (χ4v) is 4.46. The van der Waals surface area contributed by atoms with Crippen molar-refractivity contribution in [2.45, 2.75) is 25.8 Å². The highest BCUT2D eigenvalue weighted by Crippen LogP contribution is 2.43. The predicted molar refractivity (Wildman–Crippen MR) is 136 cm³/mol. The Balaban J connectivity index is 1.88. The molecule has 1 unspecified atom stereocenters. The molecule has 2 N–H and O–H groups in total. The van der Waals surface area contributed by atoms with E-state index in [-0.39, 0.29) is 23.3 Å². The molecule has 184 valence electrons. The zero-order valence-electron chi connectivity index (χ0n) is 19.7. The van der Waals surface area contributed by atoms with Crippen LogP contribution in [0.5, 0.6) is 5.75 Å². The molecule has 7 nitrogen and oxygen atoms in total. The summed E-state index contributed by atoms with van der Waals surface area (Å²) in [4.78, 5) is 39.0. The summed E-state index contributed by atoms with van der Waals surface area (Å²) in [6.07, 6.45) is 0.648. The van der Waals surface area contributed by atoms with Gasteiger partial charge in [0.15, 0.2) is 0 Å². The van der Waals surface area contributed by atoms with E-state index in [9.17, 15) is 19.5 Å². The van der Waals surface area contributed by atoms with E-state index in [0.29, 0.717) is 27.6 Å². The molecule has 36 heavy (non-hydrogen) atoms. The number of hydrogen-bond donors (Lipinski definition) is 2. The van der Waals surface area contributed by atoms with Gasteiger partial charge in [-0.1, -0.05) is 54.9 Å². The third-order valence-electron chi connectivity index (χ3n) is 6.14. The summed E-state index contributed by atoms with van der Waals surface area (Å²) in [7, 11) is 1.44. The number of carbonyl (C=O) groups is 3. The normalized spacial score (nSPS) is 16.9. The van der Waals surface area contributed by atoms with Gasteiger partial charge in [0.05, 0.1) is 30.2 Å². The Hall–Kier alpha value is -4.10. The molecule has 0 aromatic heterocycles. The van der Waals surface area contributed by atoms with Crippen LogP contribution < -0.4 is 9.64 Å². The van der Waals surface area contributed by atoms with Crippen molar-refractivity contribution in [1.29, 1.82) is 0 Å². The van der Waals surface area contributed by atoms with Crippen LogP contribution in [0.25, 0.3) is 5.76 Å². The summed E-state index contributed by atoms with van der Waals surface area (Å²) >= 11 is 6.12. The Kier molecular flexibility index (Phi) is 7.12. The molecule has 3 aromatic rings. The first kappa shape index (κ1) is 25.0. The topological polar surface area (TPSA) is 104 Å². The molecule has 0 bridgehead atoms. The number of carbonyl (C=O) groups excluding carboxylic acids is 2. The lowest BCUT2D eigenvalue weighted by Crippen LogP contribution is -2.29. The van der Waals surface area contributed by atoms with Gasteiger partial charge in [-0.3, -0.25) is 19.3 Å². The van der Waals surface area contributed by atoms with E-state index >= 15 is 0 Å². The summed E-state index contributed by atoms with van der Waals surface area (Å²) in [6, 6.07) is 17.6. The van der Waals surface area contributed by atoms with Gasteiger partial charge in [0.2, 0.25) is 0 Å². The standard InChI is InChI=1S/C28H24ClNO6/c1-3-16-4-8-18(9-5-16)25-24(26(33)19-10-13-21(29)22(15-19)36-2)27(34)28(35)30(25)20-11-6-17(7-12-20)14-23(31)32/h4-13,15,25,33H,3,14H2,1-2H3,(H,31,32)/b26-24-. The second-order valence-electron chi connectivity index (χ2n) is 8.35. The Labute approximate surface area is 213 Å². The Morgan fingerprint density at radius 2 is 1.61 bits per heavy atom. The van der Waals surface area contributed by atoms with Crippen molar-refractivity contribution in [2.75, 3.05) is 12.0 Å². The molecule has 0 saturated carbocycles. The first-order chi connectivity index (χ1) is 17.2. The van der Waals surface area contributed by atoms with Crippen molar-refractivity contribution in [2.24, 2.45) is 0 Å². The SMILES string of the molecule is CCc1ccc(C2/C(=C(/O)c3ccc(Cl)c(OC)c3)C(=O)C(=O)N2c2ccc(CC(=O)O)cc2)cc1. The molecule has 1 heterocycles. The summed E-state index contributed by atoms with van der Waals surface area (Å²) in [5.41, 5.74) is 2.90. The first-order valence-electron chi connectivity index (χ1n) is 11.3. The molecule has 1 aliphatic heterocycles. The molecule has 1 atom stereocenters. The number of benzene rings is 3. The third kappa shape index (κ3) is 4.70. The van der Waals surface area contributed by atoms with Crippen LogP contribution in [0.3, 0.4) is 0 Å². The van der Waals surface area contributed by atoms with E-state index in [4.69, 9.17) is 21.4 Å². The van der Waals surface area contributed by atoms with Crippen LogP contribution in [0, 0.1) is 0 Å². The van der Waals surface area contributed by atoms with Gasteiger partial charge in [0, 0.05) is 11.3 Å². The number of halogens is 1. The van der Waals surface area contributed by atoms with Crippen molar-refractivity contribution in [3.05, 3.63) is 99.6 Å². The number of aliphatic hydroxyl groups excluding tert-OH is 1. The van der Waals surface area contributed by atoms with E-state index < -0.39 is 23.7 Å². The smallest absolute Gasteiger partial charge is 0.307 e. The molecular weight excluding hydrogens is 482 g/mol. The number of Topliss-reactive ketones (excluding diaryl/α,β-unsaturated/α-hetero) is 1. The maximum atomic E-state index is 13.3. The number of amides is 1. The number of rotatable bonds is 7. The average Bonchev–Trinajstić information content (AvgIpc) is 3.14. The van der Waals surface area contributed by atoms with Crippen LogP contribution in [0.2, 0.25) is 5.02 Å². The van der Waals surface area contributed by atoms with Crippen LogP contribution >= 0.6 is 11.6 Å². The summed E-state index contributed by atoms with van der Waals surface area (Å²) < 4.78 is 5.24. The van der Waals surface area contributed by atoms with Gasteiger partial charge in [0.25, 0.3) is 11.7 Å². The quantitative estimate of drug-likeness (QED) is 0.261. The number of carboxylic acids is 1. The Morgan fingerprint density at radius 1 is 0.972 bits per heavy atom. The summed E-state index contributed by atoms with van der Waals surface area (Å²) in [6.45, 7) is 2.02. The number of nitrogens with zero attached hydrogens (tertiary/aromatic N) is 1. The minimum absolute atomic E-state index is 0.0664. The number of aliphatic hydroxyl groups is 1. The number of aryl methyl sites for hydroxylation is 1. The minimum Gasteiger partial charge on any atom is -0.507 e. The second kappa shape index (κ2) is 10.3. The first-order valence-corrected chi connectivity index (χ1v) is 11.7. The number of anilines is 1. The number of methoxy groups -OCH3 is 1. The summed E-state index contributed by atoms with van der Waals surface area (Å²) in [5, 5.41) is 20.7. The Bertz CT molecular complexity index is 1360. The number of carboxylic acid groups (broad SMARTS) is 1. The molecule has 1 saturated heterocycles. The van der Waals surface area contributed by atoms with Gasteiger partial charge in [-0.05, 0) is 53.4 Å². The molecular formula is C28H24ClNO6. The largest absolute Gasteiger partial charge is 0.507 e. The monoisotopic (exact) mass is 505 g/mol. The van der Waals surface area contributed by atoms with Crippen LogP contribution in [-0.2, 0) is 27.2 Å². The summed E-state index contributed by atoms with van der Waals surface area (Å²) in [5.74, 6) is -2.64. The van der Waals surface area contributed by atoms with E-state index in [1.165, 1.54) is 24.1 Å². The lowest BCUT2D eigenvalue weighted by Gasteiger charge is -2.26. The number of ketones is 1. The maximum absolute atomic E-state index is 13.3. The molecule has 1 fully saturated rings. The van der Waals surface area contributed by atoms with Crippen molar-refractivity contribution in [3.63, 3.8) is 0 Å². The van der Waals surface area contributed by atoms with Gasteiger partial charge in [0.1, 0.15) is 11.5 Å². The van der Waals surface area contributed by atoms with Crippen LogP contribution in [0.15, 0.2) is 72.3 Å². The van der Waals surface area contributed by atoms with Gasteiger partial charge in [-0.15, -0.1) is 0 Å². The van der Waals surface area contributed by atoms with E-state index in [2.05, 4.69) is 0 Å². The third-order valence-corrected chi connectivity index (χ3v) is 6.45. The molecule has 0 radical (unpaired) electrons. The maximum Gasteiger partial charge on any atom is 0.307 e. The number of ether oxygens (including phenoxy) is 1. The lowest BCUT2D eigenvalue weighted by atomic mass is 9.94. The van der Waals surface area contributed by atoms with Gasteiger partial charge in [-0.25, -0.2) is 0 Å². The second-order valence-corrected chi connectivity index (χ2v) is 8.76. The van der Waals surface area contributed by atoms with Gasteiger partial charge in [-0.2, -0.15) is 0 Å². The average molecular weight is 506 g/mol. The molecule has 0 aliphatic carbocycles. The van der Waals surface area contributed by atoms with Crippen molar-refractivity contribution in [3.8, 4) is 5.75 Å². The van der Waals surface area contributed by atoms with Gasteiger partial charge < -0.3 is 14.9 Å². The molecule has 3 aromatic carbocycles. The van der Waals surface area contributed by atoms with Crippen molar-refractivity contribution >= 4 is 40.7 Å². The minimum atomic E-state index is -0.974. The molecule has 1 amide bonds. The zero-order chi connectivity index (χ0) is 26.0. The molecule has 4 rings (SSSR count). The molecule has 1 aliphatic rings. The van der Waals surface area contributed by atoms with Crippen LogP contribution in [-0.4, -0.2) is 35.0 Å². The highest BCUT2D eigenvalue weighted by atomic mass is 35.5. The lowest BCUT2D eigenvalue weighted by molar-refractivity contribution is -0.136. The van der Waals surface area contributed by atoms with Crippen molar-refractivity contribution < 1.29 is 29.3 Å². The fraction of sp³-hybridized carbons (Fsp3) is 0.179. The van der Waals surface area contributed by atoms with Crippen molar-refractivity contribution in [1.82, 2.24) is 0 Å². The van der Waals surface area contributed by atoms with Crippen LogP contribution in [0.4, 0.5) is 5.69 Å². The zero-order valence-corrected chi connectivity index (χ0v) is 20.5. The fourth-order valence-electron chi connectivity index (χ4n) is 4.26. The van der Waals surface area contributed by atoms with E-state index in [0.717, 1.165) is 12.0 Å². The predicted octanol–water partition coefficient (Wildman–Crippen LogP) is 5.16. The number of hydrogen-bond acceptors (Lipinski definition) is 5. The van der Waals surface area contributed by atoms with Crippen LogP contribution in [0.1, 0.15) is 35.2 Å². The molecule has 8 heteroatoms. The Morgan fingerprint density at radius 3 is 2.19 bits per heavy atom. The van der Waals surface area contributed by atoms with E-state index in [1.807, 2.05) is 31.2 Å². The van der Waals surface area contributed by atoms with Gasteiger partial charge >= 0.3 is 5.97 Å². The highest BCUT2D eigenvalue weighted by Gasteiger charge is 2.47. The van der Waals surface area contributed by atoms with E-state index in [1.54, 1.807) is 30.3 Å². The number of aliphatic carboxylic acids is 1. The molecule has 0 spiro atoms.